The van der Waals surface area contributed by atoms with Crippen LogP contribution in [0.4, 0.5) is 0 Å². The van der Waals surface area contributed by atoms with Crippen molar-refractivity contribution in [2.45, 2.75) is 18.7 Å². The molecule has 0 aromatic heterocycles. The molecule has 4 heteroatoms. The van der Waals surface area contributed by atoms with Gasteiger partial charge in [-0.3, -0.25) is 4.79 Å². The maximum atomic E-state index is 12.1. The van der Waals surface area contributed by atoms with Crippen LogP contribution in [0.15, 0.2) is 54.6 Å². The zero-order valence-corrected chi connectivity index (χ0v) is 15.5. The normalized spacial score (nSPS) is 12.2. The molecular weight excluding hydrogens is 316 g/mol. The molecule has 0 fully saturated rings. The second-order valence-electron chi connectivity index (χ2n) is 6.18. The van der Waals surface area contributed by atoms with E-state index < -0.39 is 0 Å². The Bertz CT molecular complexity index is 643. The minimum atomic E-state index is 0.0930. The zero-order valence-electron chi connectivity index (χ0n) is 14.7. The summed E-state index contributed by atoms with van der Waals surface area (Å²) in [6.07, 6.45) is 0. The Morgan fingerprint density at radius 3 is 2.54 bits per heavy atom. The van der Waals surface area contributed by atoms with Crippen molar-refractivity contribution in [3.8, 4) is 0 Å². The van der Waals surface area contributed by atoms with Gasteiger partial charge in [-0.1, -0.05) is 60.2 Å². The standard InChI is InChI=1S/C20H26N2OS/c1-16-8-7-9-17(12-16)14-24-15-20(23)21-13-19(22(2)3)18-10-5-4-6-11-18/h4-12,19H,13-15H2,1-3H3,(H,21,23). The van der Waals surface area contributed by atoms with Crippen molar-refractivity contribution in [2.24, 2.45) is 0 Å². The lowest BCUT2D eigenvalue weighted by Gasteiger charge is -2.25. The third-order valence-electron chi connectivity index (χ3n) is 3.88. The van der Waals surface area contributed by atoms with Crippen LogP contribution in [0.3, 0.4) is 0 Å². The van der Waals surface area contributed by atoms with Crippen molar-refractivity contribution in [3.05, 3.63) is 71.3 Å². The third kappa shape index (κ3) is 6.02. The number of nitrogens with zero attached hydrogens (tertiary/aromatic N) is 1. The quantitative estimate of drug-likeness (QED) is 0.795. The topological polar surface area (TPSA) is 32.3 Å². The monoisotopic (exact) mass is 342 g/mol. The van der Waals surface area contributed by atoms with Crippen LogP contribution in [0.25, 0.3) is 0 Å². The Hall–Kier alpha value is -1.78. The van der Waals surface area contributed by atoms with Crippen LogP contribution in [0.5, 0.6) is 0 Å². The van der Waals surface area contributed by atoms with Gasteiger partial charge in [0, 0.05) is 12.3 Å². The average molecular weight is 343 g/mol. The molecule has 3 nitrogen and oxygen atoms in total. The largest absolute Gasteiger partial charge is 0.353 e. The molecule has 2 rings (SSSR count). The molecule has 2 aromatic rings. The van der Waals surface area contributed by atoms with Gasteiger partial charge in [0.1, 0.15) is 0 Å². The minimum absolute atomic E-state index is 0.0930. The Morgan fingerprint density at radius 2 is 1.88 bits per heavy atom. The molecule has 0 bridgehead atoms. The van der Waals surface area contributed by atoms with E-state index in [2.05, 4.69) is 53.5 Å². The van der Waals surface area contributed by atoms with Crippen LogP contribution in [0.2, 0.25) is 0 Å². The number of nitrogens with one attached hydrogen (secondary N) is 1. The summed E-state index contributed by atoms with van der Waals surface area (Å²) in [6.45, 7) is 2.71. The molecule has 0 spiro atoms. The lowest BCUT2D eigenvalue weighted by molar-refractivity contribution is -0.118. The molecule has 1 unspecified atom stereocenters. The van der Waals surface area contributed by atoms with Crippen molar-refractivity contribution in [1.29, 1.82) is 0 Å². The van der Waals surface area contributed by atoms with Crippen molar-refractivity contribution >= 4 is 17.7 Å². The maximum absolute atomic E-state index is 12.1. The van der Waals surface area contributed by atoms with Gasteiger partial charge in [-0.05, 0) is 32.1 Å². The fraction of sp³-hybridized carbons (Fsp3) is 0.350. The lowest BCUT2D eigenvalue weighted by Crippen LogP contribution is -2.35. The van der Waals surface area contributed by atoms with Gasteiger partial charge in [-0.25, -0.2) is 0 Å². The van der Waals surface area contributed by atoms with E-state index >= 15 is 0 Å². The first kappa shape index (κ1) is 18.6. The molecule has 0 heterocycles. The highest BCUT2D eigenvalue weighted by atomic mass is 32.2. The number of hydrogen-bond acceptors (Lipinski definition) is 3. The van der Waals surface area contributed by atoms with E-state index in [1.54, 1.807) is 11.8 Å². The van der Waals surface area contributed by atoms with E-state index in [1.165, 1.54) is 16.7 Å². The number of amides is 1. The number of aryl methyl sites for hydroxylation is 1. The van der Waals surface area contributed by atoms with Crippen molar-refractivity contribution < 1.29 is 4.79 Å². The van der Waals surface area contributed by atoms with Gasteiger partial charge in [0.2, 0.25) is 5.91 Å². The SMILES string of the molecule is Cc1cccc(CSCC(=O)NCC(c2ccccc2)N(C)C)c1. The summed E-state index contributed by atoms with van der Waals surface area (Å²) >= 11 is 1.65. The molecule has 0 saturated heterocycles. The molecular formula is C20H26N2OS. The fourth-order valence-corrected chi connectivity index (χ4v) is 3.40. The zero-order chi connectivity index (χ0) is 17.4. The van der Waals surface area contributed by atoms with E-state index in [9.17, 15) is 4.79 Å². The molecule has 0 aliphatic rings. The molecule has 0 aliphatic heterocycles. The summed E-state index contributed by atoms with van der Waals surface area (Å²) in [5.41, 5.74) is 3.74. The van der Waals surface area contributed by atoms with E-state index in [0.717, 1.165) is 5.75 Å². The smallest absolute Gasteiger partial charge is 0.230 e. The van der Waals surface area contributed by atoms with E-state index in [4.69, 9.17) is 0 Å². The van der Waals surface area contributed by atoms with Crippen LogP contribution in [-0.4, -0.2) is 37.2 Å². The molecule has 1 amide bonds. The average Bonchev–Trinajstić information content (AvgIpc) is 2.56. The number of carbonyl (C=O) groups excluding carboxylic acids is 1. The number of likely N-dealkylation sites (N-methyl/N-ethyl adjacent to an activating group) is 1. The van der Waals surface area contributed by atoms with Gasteiger partial charge in [0.05, 0.1) is 11.8 Å². The van der Waals surface area contributed by atoms with E-state index in [0.29, 0.717) is 12.3 Å². The molecule has 0 aliphatic carbocycles. The second kappa shape index (κ2) is 9.50. The number of benzene rings is 2. The Balaban J connectivity index is 1.77. The van der Waals surface area contributed by atoms with Gasteiger partial charge in [-0.15, -0.1) is 11.8 Å². The predicted molar refractivity (Wildman–Crippen MR) is 103 cm³/mol. The van der Waals surface area contributed by atoms with Gasteiger partial charge in [-0.2, -0.15) is 0 Å². The number of rotatable bonds is 8. The Labute approximate surface area is 149 Å². The third-order valence-corrected chi connectivity index (χ3v) is 4.89. The molecule has 1 atom stereocenters. The van der Waals surface area contributed by atoms with E-state index in [1.807, 2.05) is 32.3 Å². The fourth-order valence-electron chi connectivity index (χ4n) is 2.60. The van der Waals surface area contributed by atoms with Gasteiger partial charge in [0.25, 0.3) is 0 Å². The molecule has 128 valence electrons. The van der Waals surface area contributed by atoms with Gasteiger partial charge < -0.3 is 10.2 Å². The van der Waals surface area contributed by atoms with Crippen molar-refractivity contribution in [2.75, 3.05) is 26.4 Å². The number of hydrogen-bond donors (Lipinski definition) is 1. The van der Waals surface area contributed by atoms with Gasteiger partial charge >= 0.3 is 0 Å². The summed E-state index contributed by atoms with van der Waals surface area (Å²) < 4.78 is 0. The summed E-state index contributed by atoms with van der Waals surface area (Å²) in [4.78, 5) is 14.2. The maximum Gasteiger partial charge on any atom is 0.230 e. The highest BCUT2D eigenvalue weighted by Crippen LogP contribution is 2.17. The highest BCUT2D eigenvalue weighted by Gasteiger charge is 2.14. The summed E-state index contributed by atoms with van der Waals surface area (Å²) in [5.74, 6) is 1.45. The van der Waals surface area contributed by atoms with Crippen molar-refractivity contribution in [3.63, 3.8) is 0 Å². The first-order valence-electron chi connectivity index (χ1n) is 8.17. The summed E-state index contributed by atoms with van der Waals surface area (Å²) in [6, 6.07) is 18.9. The number of carbonyl (C=O) groups is 1. The van der Waals surface area contributed by atoms with Crippen LogP contribution >= 0.6 is 11.8 Å². The van der Waals surface area contributed by atoms with Gasteiger partial charge in [0.15, 0.2) is 0 Å². The van der Waals surface area contributed by atoms with Crippen LogP contribution in [0, 0.1) is 6.92 Å². The Kier molecular flexibility index (Phi) is 7.35. The van der Waals surface area contributed by atoms with Crippen molar-refractivity contribution in [1.82, 2.24) is 10.2 Å². The van der Waals surface area contributed by atoms with Crippen LogP contribution in [-0.2, 0) is 10.5 Å². The lowest BCUT2D eigenvalue weighted by atomic mass is 10.1. The minimum Gasteiger partial charge on any atom is -0.353 e. The molecule has 0 saturated carbocycles. The highest BCUT2D eigenvalue weighted by molar-refractivity contribution is 7.99. The molecule has 0 radical (unpaired) electrons. The summed E-state index contributed by atoms with van der Waals surface area (Å²) in [5, 5.41) is 3.06. The van der Waals surface area contributed by atoms with Crippen LogP contribution < -0.4 is 5.32 Å². The Morgan fingerprint density at radius 1 is 1.12 bits per heavy atom. The number of thioether (sulfide) groups is 1. The van der Waals surface area contributed by atoms with Crippen LogP contribution in [0.1, 0.15) is 22.7 Å². The molecule has 2 aromatic carbocycles. The molecule has 24 heavy (non-hydrogen) atoms. The summed E-state index contributed by atoms with van der Waals surface area (Å²) in [7, 11) is 4.08. The predicted octanol–water partition coefficient (Wildman–Crippen LogP) is 3.65. The van der Waals surface area contributed by atoms with E-state index in [-0.39, 0.29) is 11.9 Å². The first-order valence-corrected chi connectivity index (χ1v) is 9.33. The second-order valence-corrected chi connectivity index (χ2v) is 7.16. The molecule has 1 N–H and O–H groups in total. The first-order chi connectivity index (χ1) is 11.6.